The molecule has 0 aliphatic rings. The standard InChI is InChI=1S/C15H16ClNO2S/c1-10-5-3-4-6-11(10)15(18)17-9-12(19-2)13-7-8-14(16)20-13/h3-8,12H,9H2,1-2H3,(H,17,18). The van der Waals surface area contributed by atoms with Crippen LogP contribution in [0.1, 0.15) is 26.9 Å². The summed E-state index contributed by atoms with van der Waals surface area (Å²) >= 11 is 7.38. The summed E-state index contributed by atoms with van der Waals surface area (Å²) in [6.07, 6.45) is -0.180. The van der Waals surface area contributed by atoms with E-state index in [2.05, 4.69) is 5.32 Å². The monoisotopic (exact) mass is 309 g/mol. The molecule has 0 spiro atoms. The lowest BCUT2D eigenvalue weighted by Crippen LogP contribution is -2.29. The molecule has 1 atom stereocenters. The molecule has 0 aliphatic carbocycles. The maximum Gasteiger partial charge on any atom is 0.251 e. The van der Waals surface area contributed by atoms with Crippen LogP contribution in [-0.4, -0.2) is 19.6 Å². The fourth-order valence-electron chi connectivity index (χ4n) is 1.91. The number of halogens is 1. The number of thiophene rings is 1. The third-order valence-electron chi connectivity index (χ3n) is 3.03. The van der Waals surface area contributed by atoms with Gasteiger partial charge in [0.15, 0.2) is 0 Å². The number of rotatable bonds is 5. The van der Waals surface area contributed by atoms with Crippen molar-refractivity contribution >= 4 is 28.8 Å². The predicted octanol–water partition coefficient (Wildman–Crippen LogP) is 3.83. The van der Waals surface area contributed by atoms with Gasteiger partial charge in [-0.25, -0.2) is 0 Å². The molecular weight excluding hydrogens is 294 g/mol. The number of hydrogen-bond acceptors (Lipinski definition) is 3. The van der Waals surface area contributed by atoms with Crippen molar-refractivity contribution in [2.45, 2.75) is 13.0 Å². The van der Waals surface area contributed by atoms with Crippen LogP contribution in [0.5, 0.6) is 0 Å². The van der Waals surface area contributed by atoms with Crippen molar-refractivity contribution in [3.05, 3.63) is 56.7 Å². The lowest BCUT2D eigenvalue weighted by atomic mass is 10.1. The summed E-state index contributed by atoms with van der Waals surface area (Å²) in [5, 5.41) is 2.90. The Morgan fingerprint density at radius 2 is 2.10 bits per heavy atom. The highest BCUT2D eigenvalue weighted by atomic mass is 35.5. The maximum absolute atomic E-state index is 12.1. The molecule has 0 aliphatic heterocycles. The van der Waals surface area contributed by atoms with Gasteiger partial charge in [0.25, 0.3) is 5.91 Å². The van der Waals surface area contributed by atoms with Crippen LogP contribution in [-0.2, 0) is 4.74 Å². The van der Waals surface area contributed by atoms with Crippen LogP contribution in [0, 0.1) is 6.92 Å². The first kappa shape index (κ1) is 15.0. The van der Waals surface area contributed by atoms with Gasteiger partial charge in [0.1, 0.15) is 6.10 Å². The third kappa shape index (κ3) is 3.60. The summed E-state index contributed by atoms with van der Waals surface area (Å²) in [4.78, 5) is 13.1. The zero-order chi connectivity index (χ0) is 14.5. The maximum atomic E-state index is 12.1. The van der Waals surface area contributed by atoms with Crippen LogP contribution in [0.25, 0.3) is 0 Å². The first-order valence-electron chi connectivity index (χ1n) is 6.23. The van der Waals surface area contributed by atoms with Crippen molar-refractivity contribution < 1.29 is 9.53 Å². The molecule has 0 saturated heterocycles. The first-order chi connectivity index (χ1) is 9.61. The van der Waals surface area contributed by atoms with Gasteiger partial charge in [-0.15, -0.1) is 11.3 Å². The summed E-state index contributed by atoms with van der Waals surface area (Å²) in [6, 6.07) is 11.3. The quantitative estimate of drug-likeness (QED) is 0.911. The van der Waals surface area contributed by atoms with Crippen molar-refractivity contribution in [2.24, 2.45) is 0 Å². The number of ether oxygens (including phenoxy) is 1. The largest absolute Gasteiger partial charge is 0.374 e. The SMILES string of the molecule is COC(CNC(=O)c1ccccc1C)c1ccc(Cl)s1. The number of amides is 1. The fraction of sp³-hybridized carbons (Fsp3) is 0.267. The highest BCUT2D eigenvalue weighted by molar-refractivity contribution is 7.16. The van der Waals surface area contributed by atoms with E-state index in [0.717, 1.165) is 10.4 Å². The Bertz CT molecular complexity index is 597. The molecular formula is C15H16ClNO2S. The zero-order valence-electron chi connectivity index (χ0n) is 11.4. The molecule has 1 amide bonds. The summed E-state index contributed by atoms with van der Waals surface area (Å²) in [7, 11) is 1.62. The zero-order valence-corrected chi connectivity index (χ0v) is 12.9. The lowest BCUT2D eigenvalue weighted by Gasteiger charge is -2.15. The minimum atomic E-state index is -0.180. The van der Waals surface area contributed by atoms with Gasteiger partial charge in [-0.3, -0.25) is 4.79 Å². The van der Waals surface area contributed by atoms with Gasteiger partial charge in [0, 0.05) is 24.1 Å². The van der Waals surface area contributed by atoms with Gasteiger partial charge in [-0.1, -0.05) is 29.8 Å². The highest BCUT2D eigenvalue weighted by Gasteiger charge is 2.15. The van der Waals surface area contributed by atoms with E-state index in [4.69, 9.17) is 16.3 Å². The van der Waals surface area contributed by atoms with Crippen molar-refractivity contribution in [3.63, 3.8) is 0 Å². The van der Waals surface area contributed by atoms with Crippen molar-refractivity contribution in [2.75, 3.05) is 13.7 Å². The Hall–Kier alpha value is -1.36. The number of aryl methyl sites for hydroxylation is 1. The summed E-state index contributed by atoms with van der Waals surface area (Å²) < 4.78 is 6.12. The first-order valence-corrected chi connectivity index (χ1v) is 7.43. The van der Waals surface area contributed by atoms with Crippen LogP contribution >= 0.6 is 22.9 Å². The Labute approximate surface area is 127 Å². The number of hydrogen-bond donors (Lipinski definition) is 1. The van der Waals surface area contributed by atoms with Crippen molar-refractivity contribution in [1.82, 2.24) is 5.32 Å². The number of nitrogens with one attached hydrogen (secondary N) is 1. The minimum absolute atomic E-state index is 0.0900. The van der Waals surface area contributed by atoms with E-state index in [1.54, 1.807) is 7.11 Å². The molecule has 0 fully saturated rings. The Morgan fingerprint density at radius 1 is 1.35 bits per heavy atom. The van der Waals surface area contributed by atoms with Crippen LogP contribution < -0.4 is 5.32 Å². The second kappa shape index (κ2) is 6.88. The summed E-state index contributed by atoms with van der Waals surface area (Å²) in [5.41, 5.74) is 1.64. The highest BCUT2D eigenvalue weighted by Crippen LogP contribution is 2.28. The molecule has 1 aromatic carbocycles. The van der Waals surface area contributed by atoms with E-state index in [9.17, 15) is 4.79 Å². The molecule has 0 bridgehead atoms. The molecule has 1 aromatic heterocycles. The molecule has 0 saturated carbocycles. The van der Waals surface area contributed by atoms with E-state index in [1.807, 2.05) is 43.3 Å². The summed E-state index contributed by atoms with van der Waals surface area (Å²) in [6.45, 7) is 2.34. The lowest BCUT2D eigenvalue weighted by molar-refractivity contribution is 0.0837. The topological polar surface area (TPSA) is 38.3 Å². The molecule has 106 valence electrons. The van der Waals surface area contributed by atoms with E-state index in [-0.39, 0.29) is 12.0 Å². The number of carbonyl (C=O) groups excluding carboxylic acids is 1. The molecule has 20 heavy (non-hydrogen) atoms. The molecule has 5 heteroatoms. The molecule has 1 heterocycles. The fourth-order valence-corrected chi connectivity index (χ4v) is 3.05. The smallest absolute Gasteiger partial charge is 0.251 e. The average Bonchev–Trinajstić information content (AvgIpc) is 2.86. The van der Waals surface area contributed by atoms with E-state index < -0.39 is 0 Å². The Balaban J connectivity index is 2.00. The van der Waals surface area contributed by atoms with Crippen LogP contribution in [0.2, 0.25) is 4.34 Å². The second-order valence-corrected chi connectivity index (χ2v) is 6.14. The van der Waals surface area contributed by atoms with Crippen molar-refractivity contribution in [3.8, 4) is 0 Å². The van der Waals surface area contributed by atoms with Crippen LogP contribution in [0.3, 0.4) is 0 Å². The van der Waals surface area contributed by atoms with Gasteiger partial charge in [-0.05, 0) is 30.7 Å². The normalized spacial score (nSPS) is 12.2. The van der Waals surface area contributed by atoms with E-state index in [1.165, 1.54) is 11.3 Å². The molecule has 1 N–H and O–H groups in total. The van der Waals surface area contributed by atoms with Crippen LogP contribution in [0.4, 0.5) is 0 Å². The number of carbonyl (C=O) groups is 1. The predicted molar refractivity (Wildman–Crippen MR) is 82.6 cm³/mol. The average molecular weight is 310 g/mol. The summed E-state index contributed by atoms with van der Waals surface area (Å²) in [5.74, 6) is -0.0900. The van der Waals surface area contributed by atoms with Crippen molar-refractivity contribution in [1.29, 1.82) is 0 Å². The van der Waals surface area contributed by atoms with E-state index >= 15 is 0 Å². The molecule has 2 aromatic rings. The van der Waals surface area contributed by atoms with Gasteiger partial charge in [0.05, 0.1) is 4.34 Å². The minimum Gasteiger partial charge on any atom is -0.374 e. The van der Waals surface area contributed by atoms with Crippen LogP contribution in [0.15, 0.2) is 36.4 Å². The Morgan fingerprint density at radius 3 is 2.70 bits per heavy atom. The molecule has 3 nitrogen and oxygen atoms in total. The molecule has 0 radical (unpaired) electrons. The van der Waals surface area contributed by atoms with Gasteiger partial charge in [0.2, 0.25) is 0 Å². The van der Waals surface area contributed by atoms with Gasteiger partial charge < -0.3 is 10.1 Å². The molecule has 1 unspecified atom stereocenters. The number of benzene rings is 1. The second-order valence-electron chi connectivity index (χ2n) is 4.39. The number of methoxy groups -OCH3 is 1. The van der Waals surface area contributed by atoms with Gasteiger partial charge >= 0.3 is 0 Å². The van der Waals surface area contributed by atoms with Gasteiger partial charge in [-0.2, -0.15) is 0 Å². The van der Waals surface area contributed by atoms with E-state index in [0.29, 0.717) is 16.4 Å². The Kier molecular flexibility index (Phi) is 5.17. The third-order valence-corrected chi connectivity index (χ3v) is 4.36. The molecule has 2 rings (SSSR count).